The first kappa shape index (κ1) is 21.5. The molecule has 0 aliphatic carbocycles. The molecule has 2 N–H and O–H groups in total. The second-order valence-corrected chi connectivity index (χ2v) is 13.5. The number of Topliss-reactive ketones (excluding diaryl/α,β-unsaturated/α-hetero) is 1. The number of aliphatic hydroxyl groups excluding tert-OH is 1. The summed E-state index contributed by atoms with van der Waals surface area (Å²) >= 11 is 0. The number of nitrogens with zero attached hydrogens (tertiary/aromatic N) is 2. The quantitative estimate of drug-likeness (QED) is 0.360. The predicted octanol–water partition coefficient (Wildman–Crippen LogP) is -0.167. The molecule has 2 aliphatic heterocycles. The minimum atomic E-state index is -2.28. The van der Waals surface area contributed by atoms with E-state index in [-0.39, 0.29) is 17.5 Å². The standard InChI is InChI=1S/C17H28N2O7Si/c1-9(20)18-7-10(21)12-14(18)15(23)19(12)13(16(24)25)11(22)8-26-27(5,6)17(2,3)4/h10,12-14,21H,7-8H2,1-6H3,(H,24,25)/t10-,12+,13-,14-/m0/s1. The monoisotopic (exact) mass is 400 g/mol. The Morgan fingerprint density at radius 3 is 2.30 bits per heavy atom. The van der Waals surface area contributed by atoms with Crippen molar-refractivity contribution in [3.8, 4) is 0 Å². The van der Waals surface area contributed by atoms with Crippen LogP contribution >= 0.6 is 0 Å². The zero-order valence-corrected chi connectivity index (χ0v) is 17.6. The number of amides is 2. The molecule has 0 aromatic heterocycles. The highest BCUT2D eigenvalue weighted by molar-refractivity contribution is 6.74. The highest BCUT2D eigenvalue weighted by atomic mass is 28.4. The molecule has 0 aromatic rings. The number of β-amino-alcohol motifs (C(OH)–C–C–N with tert-alkyl or cyclic N) is 1. The molecule has 0 spiro atoms. The van der Waals surface area contributed by atoms with Crippen molar-refractivity contribution < 1.29 is 33.8 Å². The van der Waals surface area contributed by atoms with Crippen LogP contribution in [0.15, 0.2) is 0 Å². The van der Waals surface area contributed by atoms with Crippen molar-refractivity contribution in [2.24, 2.45) is 0 Å². The van der Waals surface area contributed by atoms with Crippen LogP contribution in [-0.4, -0.2) is 89.3 Å². The Hall–Kier alpha value is -1.78. The van der Waals surface area contributed by atoms with Crippen molar-refractivity contribution in [1.29, 1.82) is 0 Å². The van der Waals surface area contributed by atoms with Crippen molar-refractivity contribution in [3.05, 3.63) is 0 Å². The number of carbonyl (C=O) groups excluding carboxylic acids is 3. The summed E-state index contributed by atoms with van der Waals surface area (Å²) in [5.41, 5.74) is 0. The second-order valence-electron chi connectivity index (χ2n) is 8.68. The van der Waals surface area contributed by atoms with Gasteiger partial charge < -0.3 is 24.4 Å². The fraction of sp³-hybridized carbons (Fsp3) is 0.765. The first-order valence-corrected chi connectivity index (χ1v) is 11.8. The lowest BCUT2D eigenvalue weighted by molar-refractivity contribution is -0.174. The molecule has 2 rings (SSSR count). The van der Waals surface area contributed by atoms with Gasteiger partial charge in [-0.1, -0.05) is 20.8 Å². The van der Waals surface area contributed by atoms with Crippen molar-refractivity contribution in [1.82, 2.24) is 9.80 Å². The van der Waals surface area contributed by atoms with Crippen molar-refractivity contribution in [2.75, 3.05) is 13.2 Å². The molecule has 2 heterocycles. The molecule has 0 bridgehead atoms. The molecular weight excluding hydrogens is 372 g/mol. The lowest BCUT2D eigenvalue weighted by Gasteiger charge is -2.48. The molecule has 0 aromatic carbocycles. The summed E-state index contributed by atoms with van der Waals surface area (Å²) in [6.45, 7) is 10.7. The van der Waals surface area contributed by atoms with E-state index >= 15 is 0 Å². The average Bonchev–Trinajstić information content (AvgIpc) is 2.82. The lowest BCUT2D eigenvalue weighted by atomic mass is 9.90. The molecule has 27 heavy (non-hydrogen) atoms. The minimum absolute atomic E-state index is 0.0616. The molecule has 0 saturated carbocycles. The van der Waals surface area contributed by atoms with E-state index in [0.717, 1.165) is 4.90 Å². The Morgan fingerprint density at radius 1 is 1.30 bits per heavy atom. The molecule has 10 heteroatoms. The predicted molar refractivity (Wildman–Crippen MR) is 97.4 cm³/mol. The number of aliphatic hydroxyl groups is 1. The maximum absolute atomic E-state index is 12.6. The van der Waals surface area contributed by atoms with Crippen LogP contribution in [0, 0.1) is 0 Å². The fourth-order valence-electron chi connectivity index (χ4n) is 3.23. The summed E-state index contributed by atoms with van der Waals surface area (Å²) in [5.74, 6) is -3.24. The van der Waals surface area contributed by atoms with Crippen molar-refractivity contribution in [3.63, 3.8) is 0 Å². The zero-order valence-electron chi connectivity index (χ0n) is 16.6. The van der Waals surface area contributed by atoms with E-state index in [1.54, 1.807) is 0 Å². The smallest absolute Gasteiger partial charge is 0.334 e. The summed E-state index contributed by atoms with van der Waals surface area (Å²) in [4.78, 5) is 50.6. The number of β-lactam (4-membered cyclic amide) rings is 1. The lowest BCUT2D eigenvalue weighted by Crippen LogP contribution is -2.74. The second kappa shape index (κ2) is 6.99. The molecule has 9 nitrogen and oxygen atoms in total. The van der Waals surface area contributed by atoms with Crippen molar-refractivity contribution in [2.45, 2.75) is 70.1 Å². The number of hydrogen-bond acceptors (Lipinski definition) is 6. The zero-order chi connectivity index (χ0) is 20.9. The number of hydrogen-bond donors (Lipinski definition) is 2. The van der Waals surface area contributed by atoms with E-state index in [2.05, 4.69) is 0 Å². The number of aliphatic carboxylic acids is 1. The van der Waals surface area contributed by atoms with E-state index in [4.69, 9.17) is 4.43 Å². The molecule has 0 radical (unpaired) electrons. The Morgan fingerprint density at radius 2 is 1.85 bits per heavy atom. The van der Waals surface area contributed by atoms with Crippen LogP contribution in [0.2, 0.25) is 18.1 Å². The van der Waals surface area contributed by atoms with Gasteiger partial charge in [0.2, 0.25) is 11.8 Å². The van der Waals surface area contributed by atoms with Crippen LogP contribution in [-0.2, 0) is 23.6 Å². The summed E-state index contributed by atoms with van der Waals surface area (Å²) in [5, 5.41) is 19.6. The minimum Gasteiger partial charge on any atom is -0.479 e. The van der Waals surface area contributed by atoms with E-state index in [1.165, 1.54) is 11.8 Å². The molecule has 0 unspecified atom stereocenters. The summed E-state index contributed by atoms with van der Waals surface area (Å²) in [6.07, 6.45) is -1.09. The summed E-state index contributed by atoms with van der Waals surface area (Å²) in [7, 11) is -2.28. The van der Waals surface area contributed by atoms with Crippen LogP contribution in [0.3, 0.4) is 0 Å². The Kier molecular flexibility index (Phi) is 5.57. The van der Waals surface area contributed by atoms with Gasteiger partial charge in [-0.3, -0.25) is 14.4 Å². The van der Waals surface area contributed by atoms with Crippen LogP contribution in [0.1, 0.15) is 27.7 Å². The molecule has 152 valence electrons. The van der Waals surface area contributed by atoms with Gasteiger partial charge in [0.05, 0.1) is 18.8 Å². The third-order valence-electron chi connectivity index (χ3n) is 5.87. The highest BCUT2D eigenvalue weighted by Gasteiger charge is 2.63. The van der Waals surface area contributed by atoms with Crippen LogP contribution in [0.4, 0.5) is 0 Å². The van der Waals surface area contributed by atoms with Gasteiger partial charge in [0.15, 0.2) is 20.1 Å². The molecular formula is C17H28N2O7Si. The van der Waals surface area contributed by atoms with Gasteiger partial charge >= 0.3 is 5.97 Å². The van der Waals surface area contributed by atoms with E-state index in [0.29, 0.717) is 0 Å². The van der Waals surface area contributed by atoms with Gasteiger partial charge in [0, 0.05) is 13.5 Å². The number of carboxylic acid groups (broad SMARTS) is 1. The summed E-state index contributed by atoms with van der Waals surface area (Å²) < 4.78 is 5.80. The number of likely N-dealkylation sites (tertiary alicyclic amines) is 2. The SMILES string of the molecule is CC(=O)N1C[C@H](O)[C@@H]2[C@H]1C(=O)N2[C@H](C(=O)O)C(=O)CO[Si](C)(C)C(C)(C)C. The van der Waals surface area contributed by atoms with Gasteiger partial charge in [0.1, 0.15) is 6.04 Å². The maximum Gasteiger partial charge on any atom is 0.334 e. The third-order valence-corrected chi connectivity index (χ3v) is 10.3. The first-order valence-electron chi connectivity index (χ1n) is 8.87. The number of carbonyl (C=O) groups is 4. The number of ketones is 1. The molecule has 4 atom stereocenters. The molecule has 2 aliphatic rings. The average molecular weight is 401 g/mol. The Labute approximate surface area is 159 Å². The maximum atomic E-state index is 12.6. The van der Waals surface area contributed by atoms with Gasteiger partial charge in [0.25, 0.3) is 0 Å². The number of rotatable bonds is 6. The van der Waals surface area contributed by atoms with Crippen molar-refractivity contribution >= 4 is 31.9 Å². The number of fused-ring (bicyclic) bond motifs is 1. The van der Waals surface area contributed by atoms with Gasteiger partial charge in [-0.25, -0.2) is 4.79 Å². The highest BCUT2D eigenvalue weighted by Crippen LogP contribution is 2.38. The van der Waals surface area contributed by atoms with E-state index < -0.39 is 56.8 Å². The van der Waals surface area contributed by atoms with Gasteiger partial charge in [-0.05, 0) is 18.1 Å². The summed E-state index contributed by atoms with van der Waals surface area (Å²) in [6, 6.07) is -3.53. The molecule has 2 saturated heterocycles. The van der Waals surface area contributed by atoms with Crippen LogP contribution in [0.25, 0.3) is 0 Å². The Bertz CT molecular complexity index is 673. The molecule has 2 fully saturated rings. The molecule has 2 amide bonds. The van der Waals surface area contributed by atoms with E-state index in [1.807, 2.05) is 33.9 Å². The van der Waals surface area contributed by atoms with Crippen LogP contribution < -0.4 is 0 Å². The topological polar surface area (TPSA) is 124 Å². The van der Waals surface area contributed by atoms with Crippen LogP contribution in [0.5, 0.6) is 0 Å². The number of carboxylic acids is 1. The largest absolute Gasteiger partial charge is 0.479 e. The van der Waals surface area contributed by atoms with E-state index in [9.17, 15) is 29.4 Å². The first-order chi connectivity index (χ1) is 12.2. The normalized spacial score (nSPS) is 26.5. The third kappa shape index (κ3) is 3.65. The van der Waals surface area contributed by atoms with Gasteiger partial charge in [-0.2, -0.15) is 0 Å². The Balaban J connectivity index is 2.17. The fourth-order valence-corrected chi connectivity index (χ4v) is 4.17. The van der Waals surface area contributed by atoms with Gasteiger partial charge in [-0.15, -0.1) is 0 Å².